The van der Waals surface area contributed by atoms with E-state index in [1.165, 1.54) is 0 Å². The molecule has 1 aromatic rings. The largest absolute Gasteiger partial charge is 0.478 e. The van der Waals surface area contributed by atoms with Crippen molar-refractivity contribution in [3.63, 3.8) is 0 Å². The lowest BCUT2D eigenvalue weighted by Gasteiger charge is -2.19. The third-order valence-corrected chi connectivity index (χ3v) is 2.77. The second-order valence-corrected chi connectivity index (χ2v) is 5.76. The fraction of sp³-hybridized carbons (Fsp3) is 0.400. The average Bonchev–Trinajstić information content (AvgIpc) is 2.86. The second kappa shape index (κ2) is 5.55. The van der Waals surface area contributed by atoms with Gasteiger partial charge in [0.05, 0.1) is 11.3 Å². The van der Waals surface area contributed by atoms with Gasteiger partial charge in [-0.1, -0.05) is 17.3 Å². The van der Waals surface area contributed by atoms with Crippen LogP contribution in [0.4, 0.5) is 0 Å². The Labute approximate surface area is 122 Å². The van der Waals surface area contributed by atoms with Gasteiger partial charge in [0.25, 0.3) is 0 Å². The number of nitrogens with zero attached hydrogens (tertiary/aromatic N) is 1. The molecule has 6 heteroatoms. The minimum atomic E-state index is -1.06. The highest BCUT2D eigenvalue weighted by Gasteiger charge is 2.28. The third kappa shape index (κ3) is 3.81. The predicted molar refractivity (Wildman–Crippen MR) is 75.3 cm³/mol. The van der Waals surface area contributed by atoms with Crippen molar-refractivity contribution in [2.75, 3.05) is 0 Å². The van der Waals surface area contributed by atoms with Crippen molar-refractivity contribution in [3.05, 3.63) is 35.4 Å². The smallest absolute Gasteiger partial charge is 0.348 e. The first-order valence-electron chi connectivity index (χ1n) is 6.55. The quantitative estimate of drug-likeness (QED) is 0.863. The van der Waals surface area contributed by atoms with Gasteiger partial charge in [-0.25, -0.2) is 9.59 Å². The standard InChI is InChI=1S/C15H17NO5/c1-15(2,3)20-14(19)10-6-4-5-9(7-10)11-8-12(13(17)18)21-16-11/h4-7,12H,8H2,1-3H3,(H,17,18). The first-order valence-corrected chi connectivity index (χ1v) is 6.55. The molecule has 1 aromatic carbocycles. The Balaban J connectivity index is 2.16. The molecule has 1 aliphatic rings. The van der Waals surface area contributed by atoms with E-state index in [1.54, 1.807) is 45.0 Å². The number of hydrogen-bond acceptors (Lipinski definition) is 5. The highest BCUT2D eigenvalue weighted by Crippen LogP contribution is 2.19. The van der Waals surface area contributed by atoms with Gasteiger partial charge in [0.15, 0.2) is 0 Å². The number of esters is 1. The minimum Gasteiger partial charge on any atom is -0.478 e. The van der Waals surface area contributed by atoms with E-state index in [4.69, 9.17) is 14.7 Å². The van der Waals surface area contributed by atoms with E-state index >= 15 is 0 Å². The number of carbonyl (C=O) groups is 2. The Hall–Kier alpha value is -2.37. The molecule has 0 aliphatic carbocycles. The van der Waals surface area contributed by atoms with Crippen molar-refractivity contribution >= 4 is 17.7 Å². The molecule has 1 atom stereocenters. The van der Waals surface area contributed by atoms with Crippen LogP contribution in [0.5, 0.6) is 0 Å². The molecule has 0 aromatic heterocycles. The fourth-order valence-corrected chi connectivity index (χ4v) is 1.84. The molecule has 112 valence electrons. The van der Waals surface area contributed by atoms with Crippen LogP contribution in [0.2, 0.25) is 0 Å². The van der Waals surface area contributed by atoms with Crippen LogP contribution < -0.4 is 0 Å². The maximum absolute atomic E-state index is 12.0. The van der Waals surface area contributed by atoms with E-state index in [0.717, 1.165) is 0 Å². The van der Waals surface area contributed by atoms with Crippen LogP contribution in [-0.2, 0) is 14.4 Å². The number of aliphatic carboxylic acids is 1. The summed E-state index contributed by atoms with van der Waals surface area (Å²) >= 11 is 0. The van der Waals surface area contributed by atoms with Gasteiger partial charge >= 0.3 is 11.9 Å². The topological polar surface area (TPSA) is 85.2 Å². The lowest BCUT2D eigenvalue weighted by molar-refractivity contribution is -0.148. The van der Waals surface area contributed by atoms with Crippen LogP contribution in [0, 0.1) is 0 Å². The fourth-order valence-electron chi connectivity index (χ4n) is 1.84. The van der Waals surface area contributed by atoms with Crippen LogP contribution in [0.25, 0.3) is 0 Å². The highest BCUT2D eigenvalue weighted by atomic mass is 16.7. The van der Waals surface area contributed by atoms with Crippen LogP contribution in [0.1, 0.15) is 43.1 Å². The molecule has 2 rings (SSSR count). The van der Waals surface area contributed by atoms with E-state index in [1.807, 2.05) is 0 Å². The molecular formula is C15H17NO5. The number of benzene rings is 1. The summed E-state index contributed by atoms with van der Waals surface area (Å²) in [6, 6.07) is 6.72. The maximum atomic E-state index is 12.0. The summed E-state index contributed by atoms with van der Waals surface area (Å²) in [5, 5.41) is 12.6. The zero-order valence-corrected chi connectivity index (χ0v) is 12.1. The summed E-state index contributed by atoms with van der Waals surface area (Å²) in [6.45, 7) is 5.38. The molecular weight excluding hydrogens is 274 g/mol. The molecule has 0 fully saturated rings. The van der Waals surface area contributed by atoms with Gasteiger partial charge in [-0.2, -0.15) is 0 Å². The van der Waals surface area contributed by atoms with Gasteiger partial charge in [0.1, 0.15) is 5.60 Å². The van der Waals surface area contributed by atoms with Crippen molar-refractivity contribution in [3.8, 4) is 0 Å². The van der Waals surface area contributed by atoms with Crippen molar-refractivity contribution in [2.24, 2.45) is 5.16 Å². The van der Waals surface area contributed by atoms with E-state index in [-0.39, 0.29) is 6.42 Å². The lowest BCUT2D eigenvalue weighted by atomic mass is 10.0. The second-order valence-electron chi connectivity index (χ2n) is 5.76. The number of rotatable bonds is 3. The number of carboxylic acids is 1. The van der Waals surface area contributed by atoms with Crippen molar-refractivity contribution in [1.82, 2.24) is 0 Å². The first-order chi connectivity index (χ1) is 9.76. The van der Waals surface area contributed by atoms with Crippen molar-refractivity contribution < 1.29 is 24.3 Å². The number of oxime groups is 1. The van der Waals surface area contributed by atoms with Gasteiger partial charge in [-0.05, 0) is 32.9 Å². The monoisotopic (exact) mass is 291 g/mol. The molecule has 1 heterocycles. The van der Waals surface area contributed by atoms with Gasteiger partial charge in [0, 0.05) is 12.0 Å². The Morgan fingerprint density at radius 1 is 1.38 bits per heavy atom. The molecule has 0 amide bonds. The Morgan fingerprint density at radius 3 is 2.67 bits per heavy atom. The lowest BCUT2D eigenvalue weighted by Crippen LogP contribution is -2.24. The van der Waals surface area contributed by atoms with Gasteiger partial charge in [-0.3, -0.25) is 0 Å². The summed E-state index contributed by atoms with van der Waals surface area (Å²) < 4.78 is 5.30. The van der Waals surface area contributed by atoms with Crippen LogP contribution >= 0.6 is 0 Å². The zero-order valence-electron chi connectivity index (χ0n) is 12.1. The SMILES string of the molecule is CC(C)(C)OC(=O)c1cccc(C2=NOC(C(=O)O)C2)c1. The molecule has 0 saturated heterocycles. The minimum absolute atomic E-state index is 0.174. The molecule has 21 heavy (non-hydrogen) atoms. The molecule has 0 saturated carbocycles. The van der Waals surface area contributed by atoms with Gasteiger partial charge in [0.2, 0.25) is 6.10 Å². The van der Waals surface area contributed by atoms with E-state index in [2.05, 4.69) is 5.16 Å². The van der Waals surface area contributed by atoms with E-state index < -0.39 is 23.6 Å². The van der Waals surface area contributed by atoms with Crippen molar-refractivity contribution in [1.29, 1.82) is 0 Å². The van der Waals surface area contributed by atoms with Crippen molar-refractivity contribution in [2.45, 2.75) is 38.9 Å². The van der Waals surface area contributed by atoms with Crippen LogP contribution in [-0.4, -0.2) is 34.5 Å². The van der Waals surface area contributed by atoms with E-state index in [0.29, 0.717) is 16.8 Å². The average molecular weight is 291 g/mol. The van der Waals surface area contributed by atoms with Gasteiger partial charge in [-0.15, -0.1) is 0 Å². The molecule has 6 nitrogen and oxygen atoms in total. The number of carbonyl (C=O) groups excluding carboxylic acids is 1. The van der Waals surface area contributed by atoms with E-state index in [9.17, 15) is 9.59 Å². The highest BCUT2D eigenvalue weighted by molar-refractivity contribution is 6.04. The maximum Gasteiger partial charge on any atom is 0.348 e. The Kier molecular flexibility index (Phi) is 3.97. The number of hydrogen-bond donors (Lipinski definition) is 1. The van der Waals surface area contributed by atoms with Crippen LogP contribution in [0.15, 0.2) is 29.4 Å². The summed E-state index contributed by atoms with van der Waals surface area (Å²) in [7, 11) is 0. The number of ether oxygens (including phenoxy) is 1. The van der Waals surface area contributed by atoms with Gasteiger partial charge < -0.3 is 14.7 Å². The summed E-state index contributed by atoms with van der Waals surface area (Å²) in [4.78, 5) is 27.7. The summed E-state index contributed by atoms with van der Waals surface area (Å²) in [5.74, 6) is -1.49. The molecule has 0 spiro atoms. The molecule has 1 unspecified atom stereocenters. The normalized spacial score (nSPS) is 17.9. The first kappa shape index (κ1) is 15.0. The third-order valence-electron chi connectivity index (χ3n) is 2.77. The number of carboxylic acid groups (broad SMARTS) is 1. The summed E-state index contributed by atoms with van der Waals surface area (Å²) in [6.07, 6.45) is -0.794. The Bertz CT molecular complexity index is 600. The molecule has 1 N–H and O–H groups in total. The predicted octanol–water partition coefficient (Wildman–Crippen LogP) is 2.22. The summed E-state index contributed by atoms with van der Waals surface area (Å²) in [5.41, 5.74) is 0.981. The van der Waals surface area contributed by atoms with Crippen LogP contribution in [0.3, 0.4) is 0 Å². The molecule has 0 radical (unpaired) electrons. The molecule has 1 aliphatic heterocycles. The zero-order chi connectivity index (χ0) is 15.6. The Morgan fingerprint density at radius 2 is 2.10 bits per heavy atom. The molecule has 0 bridgehead atoms.